The average Bonchev–Trinajstić information content (AvgIpc) is 2.43. The number of hydrogen-bond acceptors (Lipinski definition) is 1. The fraction of sp³-hybridized carbons (Fsp3) is 1.00. The van der Waals surface area contributed by atoms with Crippen LogP contribution < -0.4 is 0 Å². The summed E-state index contributed by atoms with van der Waals surface area (Å²) in [6, 6.07) is 0. The monoisotopic (exact) mass is 274 g/mol. The zero-order chi connectivity index (χ0) is 14.8. The van der Waals surface area contributed by atoms with E-state index in [4.69, 9.17) is 4.74 Å². The Labute approximate surface area is 121 Å². The lowest BCUT2D eigenvalue weighted by Crippen LogP contribution is -2.48. The largest absolute Gasteiger partial charge is 0.381 e. The SMILES string of the molecule is CC[N+](C)(C)CCCOCCC[N+](CC)(CC)CC. The third kappa shape index (κ3) is 7.91. The standard InChI is InChI=1S/C16H38N2O/c1-7-17(5,6)13-11-15-19-16-12-14-18(8-2,9-3)10-4/h7-16H2,1-6H3/q+2. The predicted octanol–water partition coefficient (Wildman–Crippen LogP) is 2.76. The van der Waals surface area contributed by atoms with E-state index in [0.717, 1.165) is 17.7 Å². The summed E-state index contributed by atoms with van der Waals surface area (Å²) in [6.45, 7) is 18.4. The number of ether oxygens (including phenoxy) is 1. The second-order valence-corrected chi connectivity index (χ2v) is 6.31. The van der Waals surface area contributed by atoms with Crippen LogP contribution in [0.2, 0.25) is 0 Å². The molecule has 0 aliphatic rings. The van der Waals surface area contributed by atoms with Gasteiger partial charge in [0, 0.05) is 12.8 Å². The summed E-state index contributed by atoms with van der Waals surface area (Å²) in [6.07, 6.45) is 2.37. The zero-order valence-electron chi connectivity index (χ0n) is 14.4. The maximum absolute atomic E-state index is 5.78. The van der Waals surface area contributed by atoms with Crippen LogP contribution in [-0.4, -0.2) is 75.5 Å². The van der Waals surface area contributed by atoms with Crippen LogP contribution in [0.1, 0.15) is 40.5 Å². The van der Waals surface area contributed by atoms with Crippen molar-refractivity contribution in [2.45, 2.75) is 40.5 Å². The number of quaternary nitrogens is 2. The topological polar surface area (TPSA) is 9.23 Å². The molecule has 0 unspecified atom stereocenters. The molecule has 0 radical (unpaired) electrons. The van der Waals surface area contributed by atoms with Crippen LogP contribution in [0.4, 0.5) is 0 Å². The minimum Gasteiger partial charge on any atom is -0.381 e. The summed E-state index contributed by atoms with van der Waals surface area (Å²) in [4.78, 5) is 0. The molecular weight excluding hydrogens is 236 g/mol. The van der Waals surface area contributed by atoms with Gasteiger partial charge in [-0.1, -0.05) is 0 Å². The van der Waals surface area contributed by atoms with E-state index in [1.807, 2.05) is 0 Å². The van der Waals surface area contributed by atoms with Gasteiger partial charge in [0.2, 0.25) is 0 Å². The molecule has 0 atom stereocenters. The van der Waals surface area contributed by atoms with Crippen molar-refractivity contribution < 1.29 is 13.7 Å². The molecule has 0 rings (SSSR count). The highest BCUT2D eigenvalue weighted by Crippen LogP contribution is 2.07. The summed E-state index contributed by atoms with van der Waals surface area (Å²) in [7, 11) is 4.57. The van der Waals surface area contributed by atoms with E-state index in [2.05, 4.69) is 41.8 Å². The molecule has 0 fully saturated rings. The summed E-state index contributed by atoms with van der Waals surface area (Å²) in [5.41, 5.74) is 0. The van der Waals surface area contributed by atoms with Crippen LogP contribution in [0.15, 0.2) is 0 Å². The predicted molar refractivity (Wildman–Crippen MR) is 84.3 cm³/mol. The van der Waals surface area contributed by atoms with Crippen molar-refractivity contribution in [1.82, 2.24) is 0 Å². The van der Waals surface area contributed by atoms with Gasteiger partial charge in [0.25, 0.3) is 0 Å². The first kappa shape index (κ1) is 18.9. The van der Waals surface area contributed by atoms with E-state index < -0.39 is 0 Å². The maximum atomic E-state index is 5.78. The number of nitrogens with zero attached hydrogens (tertiary/aromatic N) is 2. The van der Waals surface area contributed by atoms with E-state index in [-0.39, 0.29) is 0 Å². The minimum atomic E-state index is 0.923. The summed E-state index contributed by atoms with van der Waals surface area (Å²) >= 11 is 0. The molecule has 0 aromatic rings. The summed E-state index contributed by atoms with van der Waals surface area (Å²) in [5, 5.41) is 0. The normalized spacial score (nSPS) is 12.9. The van der Waals surface area contributed by atoms with Crippen LogP contribution in [0.3, 0.4) is 0 Å². The van der Waals surface area contributed by atoms with Gasteiger partial charge in [-0.25, -0.2) is 0 Å². The highest BCUT2D eigenvalue weighted by Gasteiger charge is 2.19. The fourth-order valence-corrected chi connectivity index (χ4v) is 2.50. The quantitative estimate of drug-likeness (QED) is 0.393. The summed E-state index contributed by atoms with van der Waals surface area (Å²) in [5.74, 6) is 0. The number of hydrogen-bond donors (Lipinski definition) is 0. The van der Waals surface area contributed by atoms with Crippen molar-refractivity contribution >= 4 is 0 Å². The fourth-order valence-electron chi connectivity index (χ4n) is 2.50. The third-order valence-corrected chi connectivity index (χ3v) is 4.84. The average molecular weight is 274 g/mol. The van der Waals surface area contributed by atoms with Gasteiger partial charge in [-0.05, 0) is 27.7 Å². The van der Waals surface area contributed by atoms with Gasteiger partial charge in [-0.3, -0.25) is 0 Å². The van der Waals surface area contributed by atoms with Gasteiger partial charge in [0.15, 0.2) is 0 Å². The molecule has 0 bridgehead atoms. The Hall–Kier alpha value is -0.120. The first-order valence-corrected chi connectivity index (χ1v) is 8.20. The lowest BCUT2D eigenvalue weighted by molar-refractivity contribution is -0.923. The molecule has 0 aromatic heterocycles. The molecule has 0 amide bonds. The van der Waals surface area contributed by atoms with E-state index >= 15 is 0 Å². The van der Waals surface area contributed by atoms with Gasteiger partial charge in [-0.2, -0.15) is 0 Å². The molecule has 0 heterocycles. The van der Waals surface area contributed by atoms with Crippen molar-refractivity contribution in [2.24, 2.45) is 0 Å². The van der Waals surface area contributed by atoms with E-state index in [1.54, 1.807) is 0 Å². The molecule has 0 aliphatic carbocycles. The second kappa shape index (κ2) is 9.73. The molecule has 0 saturated heterocycles. The van der Waals surface area contributed by atoms with E-state index in [9.17, 15) is 0 Å². The lowest BCUT2D eigenvalue weighted by Gasteiger charge is -2.35. The Kier molecular flexibility index (Phi) is 9.67. The smallest absolute Gasteiger partial charge is 0.0808 e. The maximum Gasteiger partial charge on any atom is 0.0808 e. The molecule has 3 heteroatoms. The van der Waals surface area contributed by atoms with Crippen molar-refractivity contribution in [1.29, 1.82) is 0 Å². The number of rotatable bonds is 12. The first-order chi connectivity index (χ1) is 8.95. The molecule has 116 valence electrons. The molecule has 0 spiro atoms. The molecular formula is C16H38N2O+2. The minimum absolute atomic E-state index is 0.923. The third-order valence-electron chi connectivity index (χ3n) is 4.84. The van der Waals surface area contributed by atoms with Crippen LogP contribution in [0.25, 0.3) is 0 Å². The molecule has 0 N–H and O–H groups in total. The van der Waals surface area contributed by atoms with Gasteiger partial charge in [0.1, 0.15) is 0 Å². The molecule has 19 heavy (non-hydrogen) atoms. The lowest BCUT2D eigenvalue weighted by atomic mass is 10.3. The molecule has 0 saturated carbocycles. The molecule has 3 nitrogen and oxygen atoms in total. The van der Waals surface area contributed by atoms with Gasteiger partial charge >= 0.3 is 0 Å². The van der Waals surface area contributed by atoms with Crippen LogP contribution in [-0.2, 0) is 4.74 Å². The Morgan fingerprint density at radius 1 is 0.684 bits per heavy atom. The Morgan fingerprint density at radius 3 is 1.58 bits per heavy atom. The molecule has 0 aliphatic heterocycles. The first-order valence-electron chi connectivity index (χ1n) is 8.20. The van der Waals surface area contributed by atoms with Crippen LogP contribution in [0.5, 0.6) is 0 Å². The van der Waals surface area contributed by atoms with E-state index in [1.165, 1.54) is 56.6 Å². The van der Waals surface area contributed by atoms with Gasteiger partial charge in [-0.15, -0.1) is 0 Å². The van der Waals surface area contributed by atoms with Crippen molar-refractivity contribution in [2.75, 3.05) is 66.6 Å². The van der Waals surface area contributed by atoms with E-state index in [0.29, 0.717) is 0 Å². The highest BCUT2D eigenvalue weighted by atomic mass is 16.5. The summed E-state index contributed by atoms with van der Waals surface area (Å²) < 4.78 is 8.12. The van der Waals surface area contributed by atoms with Gasteiger partial charge < -0.3 is 13.7 Å². The second-order valence-electron chi connectivity index (χ2n) is 6.31. The highest BCUT2D eigenvalue weighted by molar-refractivity contribution is 4.42. The van der Waals surface area contributed by atoms with Crippen LogP contribution >= 0.6 is 0 Å². The Morgan fingerprint density at radius 2 is 1.16 bits per heavy atom. The van der Waals surface area contributed by atoms with Gasteiger partial charge in [0.05, 0.1) is 66.6 Å². The van der Waals surface area contributed by atoms with Crippen molar-refractivity contribution in [3.05, 3.63) is 0 Å². The Bertz CT molecular complexity index is 205. The van der Waals surface area contributed by atoms with Crippen molar-refractivity contribution in [3.8, 4) is 0 Å². The Balaban J connectivity index is 3.60. The van der Waals surface area contributed by atoms with Crippen LogP contribution in [0, 0.1) is 0 Å². The zero-order valence-corrected chi connectivity index (χ0v) is 14.4. The molecule has 0 aromatic carbocycles. The van der Waals surface area contributed by atoms with Crippen molar-refractivity contribution in [3.63, 3.8) is 0 Å².